The van der Waals surface area contributed by atoms with Gasteiger partial charge in [0.15, 0.2) is 0 Å². The number of nitrogens with one attached hydrogen (secondary N) is 1. The van der Waals surface area contributed by atoms with Gasteiger partial charge in [-0.15, -0.1) is 0 Å². The number of carbonyl (C=O) groups is 1. The molecule has 1 heterocycles. The molecule has 0 bridgehead atoms. The molecule has 0 aliphatic carbocycles. The quantitative estimate of drug-likeness (QED) is 0.431. The lowest BCUT2D eigenvalue weighted by Crippen LogP contribution is -2.06. The van der Waals surface area contributed by atoms with Gasteiger partial charge in [0.1, 0.15) is 0 Å². The predicted molar refractivity (Wildman–Crippen MR) is 73.2 cm³/mol. The summed E-state index contributed by atoms with van der Waals surface area (Å²) in [5, 5.41) is 22.2. The van der Waals surface area contributed by atoms with Gasteiger partial charge in [0.2, 0.25) is 5.82 Å². The zero-order valence-corrected chi connectivity index (χ0v) is 11.7. The van der Waals surface area contributed by atoms with E-state index in [1.54, 1.807) is 0 Å². The summed E-state index contributed by atoms with van der Waals surface area (Å²) in [4.78, 5) is 24.6. The largest absolute Gasteiger partial charge is 0.481 e. The first-order valence-corrected chi connectivity index (χ1v) is 6.55. The number of pyridine rings is 1. The van der Waals surface area contributed by atoms with E-state index in [2.05, 4.69) is 26.2 Å². The topological polar surface area (TPSA) is 105 Å². The number of carboxylic acids is 1. The minimum atomic E-state index is -0.807. The van der Waals surface area contributed by atoms with Crippen molar-refractivity contribution in [2.45, 2.75) is 25.7 Å². The third-order valence-electron chi connectivity index (χ3n) is 2.39. The number of carboxylic acid groups (broad SMARTS) is 1. The highest BCUT2D eigenvalue weighted by molar-refractivity contribution is 9.10. The van der Waals surface area contributed by atoms with E-state index in [4.69, 9.17) is 5.11 Å². The Kier molecular flexibility index (Phi) is 6.20. The van der Waals surface area contributed by atoms with Crippen LogP contribution in [0.3, 0.4) is 0 Å². The molecule has 19 heavy (non-hydrogen) atoms. The fourth-order valence-electron chi connectivity index (χ4n) is 1.49. The zero-order chi connectivity index (χ0) is 14.3. The molecule has 0 saturated carbocycles. The number of nitro groups is 1. The summed E-state index contributed by atoms with van der Waals surface area (Å²) in [6.07, 6.45) is 3.73. The molecule has 1 rings (SSSR count). The number of hydrogen-bond acceptors (Lipinski definition) is 5. The highest BCUT2D eigenvalue weighted by Gasteiger charge is 2.15. The van der Waals surface area contributed by atoms with Crippen LogP contribution in [0.25, 0.3) is 0 Å². The summed E-state index contributed by atoms with van der Waals surface area (Å²) < 4.78 is 0.547. The molecule has 104 valence electrons. The number of rotatable bonds is 8. The van der Waals surface area contributed by atoms with Crippen LogP contribution in [0, 0.1) is 10.1 Å². The molecule has 1 aromatic rings. The lowest BCUT2D eigenvalue weighted by atomic mass is 10.2. The van der Waals surface area contributed by atoms with Gasteiger partial charge in [-0.25, -0.2) is 4.98 Å². The molecule has 0 unspecified atom stereocenters. The lowest BCUT2D eigenvalue weighted by Gasteiger charge is -2.06. The summed E-state index contributed by atoms with van der Waals surface area (Å²) in [5.74, 6) is -0.579. The Morgan fingerprint density at radius 3 is 2.84 bits per heavy atom. The molecule has 0 aliphatic rings. The van der Waals surface area contributed by atoms with E-state index in [1.165, 1.54) is 12.3 Å². The summed E-state index contributed by atoms with van der Waals surface area (Å²) in [6.45, 7) is 0.523. The summed E-state index contributed by atoms with van der Waals surface area (Å²) in [6, 6.07) is 1.39. The first kappa shape index (κ1) is 15.4. The maximum atomic E-state index is 10.8. The zero-order valence-electron chi connectivity index (χ0n) is 10.1. The number of unbranched alkanes of at least 4 members (excludes halogenated alkanes) is 2. The van der Waals surface area contributed by atoms with E-state index in [-0.39, 0.29) is 17.9 Å². The van der Waals surface area contributed by atoms with E-state index in [1.807, 2.05) is 0 Å². The SMILES string of the molecule is O=C(O)CCCCCNc1ncc(Br)cc1[N+](=O)[O-]. The fraction of sp³-hybridized carbons (Fsp3) is 0.455. The molecule has 0 saturated heterocycles. The minimum Gasteiger partial charge on any atom is -0.481 e. The summed E-state index contributed by atoms with van der Waals surface area (Å²) in [7, 11) is 0. The van der Waals surface area contributed by atoms with Gasteiger partial charge in [0.05, 0.1) is 4.92 Å². The molecule has 8 heteroatoms. The Morgan fingerprint density at radius 1 is 1.47 bits per heavy atom. The van der Waals surface area contributed by atoms with Crippen LogP contribution in [0.5, 0.6) is 0 Å². The Balaban J connectivity index is 2.41. The van der Waals surface area contributed by atoms with Gasteiger partial charge < -0.3 is 10.4 Å². The third-order valence-corrected chi connectivity index (χ3v) is 2.82. The van der Waals surface area contributed by atoms with E-state index in [9.17, 15) is 14.9 Å². The number of anilines is 1. The van der Waals surface area contributed by atoms with Crippen LogP contribution in [0.2, 0.25) is 0 Å². The molecule has 2 N–H and O–H groups in total. The van der Waals surface area contributed by atoms with Crippen molar-refractivity contribution in [3.63, 3.8) is 0 Å². The molecule has 0 spiro atoms. The molecular formula is C11H14BrN3O4. The second-order valence-electron chi connectivity index (χ2n) is 3.91. The Hall–Kier alpha value is -1.70. The van der Waals surface area contributed by atoms with Crippen LogP contribution in [-0.4, -0.2) is 27.5 Å². The van der Waals surface area contributed by atoms with E-state index < -0.39 is 10.9 Å². The molecule has 0 aromatic carbocycles. The van der Waals surface area contributed by atoms with Crippen molar-refractivity contribution in [2.24, 2.45) is 0 Å². The molecule has 0 aliphatic heterocycles. The van der Waals surface area contributed by atoms with Gasteiger partial charge in [-0.1, -0.05) is 6.42 Å². The van der Waals surface area contributed by atoms with E-state index in [0.717, 1.165) is 12.8 Å². The molecule has 0 atom stereocenters. The molecular weight excluding hydrogens is 318 g/mol. The van der Waals surface area contributed by atoms with Crippen LogP contribution in [-0.2, 0) is 4.79 Å². The van der Waals surface area contributed by atoms with Gasteiger partial charge in [-0.2, -0.15) is 0 Å². The summed E-state index contributed by atoms with van der Waals surface area (Å²) in [5.41, 5.74) is -0.0834. The van der Waals surface area contributed by atoms with E-state index >= 15 is 0 Å². The fourth-order valence-corrected chi connectivity index (χ4v) is 1.81. The van der Waals surface area contributed by atoms with Crippen molar-refractivity contribution in [1.82, 2.24) is 4.98 Å². The summed E-state index contributed by atoms with van der Waals surface area (Å²) >= 11 is 3.13. The van der Waals surface area contributed by atoms with Crippen molar-refractivity contribution >= 4 is 33.4 Å². The third kappa shape index (κ3) is 5.64. The molecule has 7 nitrogen and oxygen atoms in total. The van der Waals surface area contributed by atoms with E-state index in [0.29, 0.717) is 17.4 Å². The van der Waals surface area contributed by atoms with Crippen LogP contribution in [0.15, 0.2) is 16.7 Å². The van der Waals surface area contributed by atoms with Crippen LogP contribution in [0.1, 0.15) is 25.7 Å². The second-order valence-corrected chi connectivity index (χ2v) is 4.83. The Morgan fingerprint density at radius 2 is 2.21 bits per heavy atom. The van der Waals surface area contributed by atoms with Gasteiger partial charge in [0, 0.05) is 29.7 Å². The van der Waals surface area contributed by atoms with Crippen molar-refractivity contribution in [3.05, 3.63) is 26.9 Å². The molecule has 0 radical (unpaired) electrons. The van der Waals surface area contributed by atoms with Crippen molar-refractivity contribution in [3.8, 4) is 0 Å². The standard InChI is InChI=1S/C11H14BrN3O4/c12-8-6-9(15(18)19)11(14-7-8)13-5-3-1-2-4-10(16)17/h6-7H,1-5H2,(H,13,14)(H,16,17). The Labute approximate surface area is 118 Å². The highest BCUT2D eigenvalue weighted by atomic mass is 79.9. The van der Waals surface area contributed by atoms with Crippen LogP contribution < -0.4 is 5.32 Å². The average molecular weight is 332 g/mol. The van der Waals surface area contributed by atoms with Crippen molar-refractivity contribution < 1.29 is 14.8 Å². The maximum absolute atomic E-state index is 10.8. The highest BCUT2D eigenvalue weighted by Crippen LogP contribution is 2.25. The Bertz CT molecular complexity index is 467. The second kappa shape index (κ2) is 7.67. The average Bonchev–Trinajstić information content (AvgIpc) is 2.34. The number of aromatic nitrogens is 1. The van der Waals surface area contributed by atoms with Crippen LogP contribution in [0.4, 0.5) is 11.5 Å². The van der Waals surface area contributed by atoms with Gasteiger partial charge in [0.25, 0.3) is 0 Å². The first-order valence-electron chi connectivity index (χ1n) is 5.76. The minimum absolute atomic E-state index is 0.0834. The number of aliphatic carboxylic acids is 1. The number of hydrogen-bond donors (Lipinski definition) is 2. The lowest BCUT2D eigenvalue weighted by molar-refractivity contribution is -0.384. The molecule has 0 fully saturated rings. The normalized spacial score (nSPS) is 10.2. The van der Waals surface area contributed by atoms with Crippen LogP contribution >= 0.6 is 15.9 Å². The molecule has 0 amide bonds. The van der Waals surface area contributed by atoms with Crippen molar-refractivity contribution in [2.75, 3.05) is 11.9 Å². The first-order chi connectivity index (χ1) is 9.00. The van der Waals surface area contributed by atoms with Gasteiger partial charge in [-0.05, 0) is 28.8 Å². The maximum Gasteiger partial charge on any atom is 0.312 e. The van der Waals surface area contributed by atoms with Crippen molar-refractivity contribution in [1.29, 1.82) is 0 Å². The number of halogens is 1. The van der Waals surface area contributed by atoms with Gasteiger partial charge >= 0.3 is 11.7 Å². The molecule has 1 aromatic heterocycles. The smallest absolute Gasteiger partial charge is 0.312 e. The van der Waals surface area contributed by atoms with Gasteiger partial charge in [-0.3, -0.25) is 14.9 Å². The number of nitrogens with zero attached hydrogens (tertiary/aromatic N) is 2. The predicted octanol–water partition coefficient (Wildman–Crippen LogP) is 2.81. The monoisotopic (exact) mass is 331 g/mol.